The molecule has 138 valence electrons. The molecule has 2 N–H and O–H groups in total. The lowest BCUT2D eigenvalue weighted by atomic mass is 10.2. The van der Waals surface area contributed by atoms with E-state index in [1.165, 1.54) is 6.07 Å². The van der Waals surface area contributed by atoms with E-state index >= 15 is 0 Å². The molecule has 0 spiro atoms. The van der Waals surface area contributed by atoms with Crippen LogP contribution in [-0.4, -0.2) is 36.3 Å². The summed E-state index contributed by atoms with van der Waals surface area (Å²) in [5, 5.41) is 15.2. The molecule has 0 aromatic heterocycles. The van der Waals surface area contributed by atoms with Gasteiger partial charge in [-0.05, 0) is 55.3 Å². The Labute approximate surface area is 162 Å². The summed E-state index contributed by atoms with van der Waals surface area (Å²) in [5.74, 6) is -0.257. The lowest BCUT2D eigenvalue weighted by Gasteiger charge is -2.15. The molecule has 7 heteroatoms. The van der Waals surface area contributed by atoms with Crippen molar-refractivity contribution in [1.29, 1.82) is 5.26 Å². The molecule has 0 atom stereocenters. The molecule has 2 aromatic rings. The number of nitrogens with one attached hydrogen (secondary N) is 2. The number of carbonyl (C=O) groups excluding carboxylic acids is 2. The second-order valence-corrected chi connectivity index (χ2v) is 6.72. The first-order valence-electron chi connectivity index (χ1n) is 8.69. The zero-order valence-electron chi connectivity index (χ0n) is 14.7. The SMILES string of the molecule is N#Cc1ccc(Cl)cc1NC(=O)CNc1ccc(C(=O)N2CCCC2)cc1. The van der Waals surface area contributed by atoms with Crippen LogP contribution in [-0.2, 0) is 4.79 Å². The molecule has 1 aliphatic rings. The van der Waals surface area contributed by atoms with Crippen molar-refractivity contribution in [2.45, 2.75) is 12.8 Å². The van der Waals surface area contributed by atoms with Crippen molar-refractivity contribution in [3.63, 3.8) is 0 Å². The van der Waals surface area contributed by atoms with Gasteiger partial charge < -0.3 is 15.5 Å². The van der Waals surface area contributed by atoms with Gasteiger partial charge >= 0.3 is 0 Å². The molecule has 0 saturated carbocycles. The van der Waals surface area contributed by atoms with Crippen LogP contribution in [0.2, 0.25) is 5.02 Å². The largest absolute Gasteiger partial charge is 0.376 e. The van der Waals surface area contributed by atoms with Crippen LogP contribution in [0.5, 0.6) is 0 Å². The van der Waals surface area contributed by atoms with Gasteiger partial charge in [0.1, 0.15) is 6.07 Å². The Morgan fingerprint density at radius 2 is 1.81 bits per heavy atom. The average Bonchev–Trinajstić information content (AvgIpc) is 3.21. The maximum Gasteiger partial charge on any atom is 0.253 e. The zero-order valence-corrected chi connectivity index (χ0v) is 15.4. The molecule has 3 rings (SSSR count). The van der Waals surface area contributed by atoms with Crippen LogP contribution in [0.3, 0.4) is 0 Å². The first-order valence-corrected chi connectivity index (χ1v) is 9.07. The normalized spacial score (nSPS) is 13.1. The highest BCUT2D eigenvalue weighted by Crippen LogP contribution is 2.20. The first kappa shape index (κ1) is 18.7. The molecule has 1 saturated heterocycles. The van der Waals surface area contributed by atoms with Crippen molar-refractivity contribution < 1.29 is 9.59 Å². The summed E-state index contributed by atoms with van der Waals surface area (Å²) in [6, 6.07) is 13.8. The summed E-state index contributed by atoms with van der Waals surface area (Å²) in [7, 11) is 0. The second-order valence-electron chi connectivity index (χ2n) is 6.28. The summed E-state index contributed by atoms with van der Waals surface area (Å²) < 4.78 is 0. The number of nitrogens with zero attached hydrogens (tertiary/aromatic N) is 2. The number of hydrogen-bond donors (Lipinski definition) is 2. The molecule has 2 amide bonds. The molecule has 1 aliphatic heterocycles. The summed E-state index contributed by atoms with van der Waals surface area (Å²) in [6.45, 7) is 1.65. The second kappa shape index (κ2) is 8.56. The molecule has 6 nitrogen and oxygen atoms in total. The van der Waals surface area contributed by atoms with Gasteiger partial charge in [0.2, 0.25) is 5.91 Å². The Bertz CT molecular complexity index is 884. The number of amides is 2. The third kappa shape index (κ3) is 4.78. The minimum atomic E-state index is -0.300. The van der Waals surface area contributed by atoms with Gasteiger partial charge in [0.05, 0.1) is 17.8 Å². The van der Waals surface area contributed by atoms with Crippen molar-refractivity contribution in [2.75, 3.05) is 30.3 Å². The van der Waals surface area contributed by atoms with Gasteiger partial charge in [-0.25, -0.2) is 0 Å². The maximum absolute atomic E-state index is 12.3. The van der Waals surface area contributed by atoms with Gasteiger partial charge in [-0.3, -0.25) is 9.59 Å². The fourth-order valence-electron chi connectivity index (χ4n) is 2.93. The van der Waals surface area contributed by atoms with Crippen LogP contribution in [0.15, 0.2) is 42.5 Å². The van der Waals surface area contributed by atoms with Crippen LogP contribution in [0, 0.1) is 11.3 Å². The van der Waals surface area contributed by atoms with E-state index in [0.717, 1.165) is 31.6 Å². The quantitative estimate of drug-likeness (QED) is 0.828. The number of halogens is 1. The monoisotopic (exact) mass is 382 g/mol. The molecule has 0 radical (unpaired) electrons. The predicted molar refractivity (Wildman–Crippen MR) is 105 cm³/mol. The fraction of sp³-hybridized carbons (Fsp3) is 0.250. The van der Waals surface area contributed by atoms with Gasteiger partial charge in [0.15, 0.2) is 0 Å². The molecule has 1 heterocycles. The molecule has 1 fully saturated rings. The highest BCUT2D eigenvalue weighted by atomic mass is 35.5. The first-order chi connectivity index (χ1) is 13.1. The highest BCUT2D eigenvalue weighted by Gasteiger charge is 2.19. The van der Waals surface area contributed by atoms with Crippen LogP contribution in [0.25, 0.3) is 0 Å². The van der Waals surface area contributed by atoms with Gasteiger partial charge in [-0.1, -0.05) is 11.6 Å². The minimum absolute atomic E-state index is 0.0246. The molecule has 0 aliphatic carbocycles. The number of benzene rings is 2. The lowest BCUT2D eigenvalue weighted by Crippen LogP contribution is -2.27. The summed E-state index contributed by atoms with van der Waals surface area (Å²) in [4.78, 5) is 26.3. The molecule has 27 heavy (non-hydrogen) atoms. The van der Waals surface area contributed by atoms with Crippen molar-refractivity contribution in [3.8, 4) is 6.07 Å². The van der Waals surface area contributed by atoms with E-state index in [-0.39, 0.29) is 18.4 Å². The third-order valence-corrected chi connectivity index (χ3v) is 4.59. The molecule has 0 unspecified atom stereocenters. The summed E-state index contributed by atoms with van der Waals surface area (Å²) in [5.41, 5.74) is 2.10. The molecule has 2 aromatic carbocycles. The standard InChI is InChI=1S/C20H19ClN4O2/c21-16-6-3-15(12-22)18(11-16)24-19(26)13-23-17-7-4-14(5-8-17)20(27)25-9-1-2-10-25/h3-8,11,23H,1-2,9-10,13H2,(H,24,26). The molecular weight excluding hydrogens is 364 g/mol. The van der Waals surface area contributed by atoms with Crippen molar-refractivity contribution in [3.05, 3.63) is 58.6 Å². The van der Waals surface area contributed by atoms with E-state index in [0.29, 0.717) is 21.8 Å². The van der Waals surface area contributed by atoms with Gasteiger partial charge in [0.25, 0.3) is 5.91 Å². The number of likely N-dealkylation sites (tertiary alicyclic amines) is 1. The van der Waals surface area contributed by atoms with E-state index < -0.39 is 0 Å². The van der Waals surface area contributed by atoms with Gasteiger partial charge in [-0.15, -0.1) is 0 Å². The lowest BCUT2D eigenvalue weighted by molar-refractivity contribution is -0.114. The Morgan fingerprint density at radius 3 is 2.48 bits per heavy atom. The van der Waals surface area contributed by atoms with Crippen LogP contribution >= 0.6 is 11.6 Å². The van der Waals surface area contributed by atoms with E-state index in [4.69, 9.17) is 16.9 Å². The highest BCUT2D eigenvalue weighted by molar-refractivity contribution is 6.31. The Balaban J connectivity index is 1.55. The third-order valence-electron chi connectivity index (χ3n) is 4.35. The van der Waals surface area contributed by atoms with Gasteiger partial charge in [-0.2, -0.15) is 5.26 Å². The van der Waals surface area contributed by atoms with E-state index in [9.17, 15) is 9.59 Å². The number of carbonyl (C=O) groups is 2. The average molecular weight is 383 g/mol. The Morgan fingerprint density at radius 1 is 1.11 bits per heavy atom. The Kier molecular flexibility index (Phi) is 5.94. The number of anilines is 2. The van der Waals surface area contributed by atoms with E-state index in [1.807, 2.05) is 11.0 Å². The van der Waals surface area contributed by atoms with Crippen LogP contribution in [0.4, 0.5) is 11.4 Å². The molecule has 0 bridgehead atoms. The van der Waals surface area contributed by atoms with Crippen molar-refractivity contribution >= 4 is 34.8 Å². The summed E-state index contributed by atoms with van der Waals surface area (Å²) >= 11 is 5.91. The Hall–Kier alpha value is -3.04. The van der Waals surface area contributed by atoms with E-state index in [2.05, 4.69) is 10.6 Å². The molecular formula is C20H19ClN4O2. The van der Waals surface area contributed by atoms with Crippen LogP contribution in [0.1, 0.15) is 28.8 Å². The van der Waals surface area contributed by atoms with Gasteiger partial charge in [0, 0.05) is 29.4 Å². The van der Waals surface area contributed by atoms with Crippen molar-refractivity contribution in [2.24, 2.45) is 0 Å². The minimum Gasteiger partial charge on any atom is -0.376 e. The number of rotatable bonds is 5. The number of hydrogen-bond acceptors (Lipinski definition) is 4. The fourth-order valence-corrected chi connectivity index (χ4v) is 3.10. The van der Waals surface area contributed by atoms with Crippen molar-refractivity contribution in [1.82, 2.24) is 4.90 Å². The zero-order chi connectivity index (χ0) is 19.2. The predicted octanol–water partition coefficient (Wildman–Crippen LogP) is 3.50. The smallest absolute Gasteiger partial charge is 0.253 e. The maximum atomic E-state index is 12.3. The topological polar surface area (TPSA) is 85.2 Å². The summed E-state index contributed by atoms with van der Waals surface area (Å²) in [6.07, 6.45) is 2.11. The van der Waals surface area contributed by atoms with E-state index in [1.54, 1.807) is 36.4 Å². The number of nitriles is 1. The van der Waals surface area contributed by atoms with Crippen LogP contribution < -0.4 is 10.6 Å².